The molecule has 0 aliphatic carbocycles. The Bertz CT molecular complexity index is 802. The molecule has 0 atom stereocenters. The van der Waals surface area contributed by atoms with Crippen molar-refractivity contribution in [2.75, 3.05) is 45.9 Å². The summed E-state index contributed by atoms with van der Waals surface area (Å²) in [5.74, 6) is -0.267. The van der Waals surface area contributed by atoms with E-state index < -0.39 is 10.0 Å². The minimum Gasteiger partial charge on any atom is -0.378 e. The monoisotopic (exact) mass is 494 g/mol. The first-order valence-corrected chi connectivity index (χ1v) is 12.1. The molecule has 0 radical (unpaired) electrons. The molecule has 0 bridgehead atoms. The quantitative estimate of drug-likeness (QED) is 0.629. The minimum atomic E-state index is -3.69. The number of thiophene rings is 1. The van der Waals surface area contributed by atoms with E-state index in [4.69, 9.17) is 4.74 Å². The van der Waals surface area contributed by atoms with Crippen LogP contribution < -0.4 is 10.0 Å². The molecule has 12 heteroatoms. The Hall–Kier alpha value is -1.21. The third-order valence-electron chi connectivity index (χ3n) is 4.70. The summed E-state index contributed by atoms with van der Waals surface area (Å²) in [6, 6.07) is 3.06. The predicted octanol–water partition coefficient (Wildman–Crippen LogP) is 0.822. The lowest BCUT2D eigenvalue weighted by molar-refractivity contribution is -0.131. The number of carbonyl (C=O) groups is 2. The lowest BCUT2D eigenvalue weighted by Crippen LogP contribution is -2.53. The van der Waals surface area contributed by atoms with Crippen LogP contribution in [0.2, 0.25) is 0 Å². The van der Waals surface area contributed by atoms with Gasteiger partial charge in [-0.1, -0.05) is 0 Å². The van der Waals surface area contributed by atoms with Crippen LogP contribution in [0.1, 0.15) is 12.8 Å². The summed E-state index contributed by atoms with van der Waals surface area (Å²) in [4.78, 5) is 27.9. The lowest BCUT2D eigenvalue weighted by atomic mass is 10.1. The molecule has 0 spiro atoms. The molecular weight excluding hydrogens is 472 g/mol. The average Bonchev–Trinajstić information content (AvgIpc) is 3.15. The van der Waals surface area contributed by atoms with Gasteiger partial charge in [0.15, 0.2) is 0 Å². The molecule has 0 saturated carbocycles. The van der Waals surface area contributed by atoms with Gasteiger partial charge in [0, 0.05) is 32.2 Å². The standard InChI is InChI=1S/C16H23BrN4O5S2/c17-13-1-2-15(27-13)28(24,25)18-11-14(22)20-5-3-12(4-6-20)19-16(23)21-7-9-26-10-8-21/h1-2,12,18H,3-11H2,(H,19,23). The predicted molar refractivity (Wildman–Crippen MR) is 108 cm³/mol. The Morgan fingerprint density at radius 1 is 1.14 bits per heavy atom. The first kappa shape index (κ1) is 21.5. The summed E-state index contributed by atoms with van der Waals surface area (Å²) in [5, 5.41) is 3.01. The number of hydrogen-bond acceptors (Lipinski definition) is 6. The summed E-state index contributed by atoms with van der Waals surface area (Å²) in [7, 11) is -3.69. The van der Waals surface area contributed by atoms with E-state index in [-0.39, 0.29) is 28.7 Å². The Labute approximate surface area is 176 Å². The molecule has 3 amide bonds. The van der Waals surface area contributed by atoms with E-state index >= 15 is 0 Å². The van der Waals surface area contributed by atoms with Crippen LogP contribution in [0.3, 0.4) is 0 Å². The fraction of sp³-hybridized carbons (Fsp3) is 0.625. The van der Waals surface area contributed by atoms with Gasteiger partial charge in [0.2, 0.25) is 5.91 Å². The Morgan fingerprint density at radius 2 is 1.82 bits per heavy atom. The molecule has 0 unspecified atom stereocenters. The van der Waals surface area contributed by atoms with Gasteiger partial charge in [0.25, 0.3) is 10.0 Å². The summed E-state index contributed by atoms with van der Waals surface area (Å²) in [6.45, 7) is 2.98. The van der Waals surface area contributed by atoms with Crippen molar-refractivity contribution in [2.24, 2.45) is 0 Å². The number of nitrogens with one attached hydrogen (secondary N) is 2. The smallest absolute Gasteiger partial charge is 0.317 e. The molecule has 2 N–H and O–H groups in total. The highest BCUT2D eigenvalue weighted by atomic mass is 79.9. The average molecular weight is 495 g/mol. The number of likely N-dealkylation sites (tertiary alicyclic amines) is 1. The highest BCUT2D eigenvalue weighted by molar-refractivity contribution is 9.11. The van der Waals surface area contributed by atoms with Crippen molar-refractivity contribution in [3.8, 4) is 0 Å². The molecule has 9 nitrogen and oxygen atoms in total. The number of halogens is 1. The second kappa shape index (κ2) is 9.53. The van der Waals surface area contributed by atoms with E-state index in [0.717, 1.165) is 11.3 Å². The second-order valence-electron chi connectivity index (χ2n) is 6.59. The number of morpholine rings is 1. The minimum absolute atomic E-state index is 0.0135. The van der Waals surface area contributed by atoms with Crippen molar-refractivity contribution in [1.29, 1.82) is 0 Å². The van der Waals surface area contributed by atoms with Crippen LogP contribution in [-0.2, 0) is 19.6 Å². The van der Waals surface area contributed by atoms with Gasteiger partial charge in [0.05, 0.1) is 23.5 Å². The summed E-state index contributed by atoms with van der Waals surface area (Å²) >= 11 is 4.32. The maximum absolute atomic E-state index is 12.3. The van der Waals surface area contributed by atoms with Crippen molar-refractivity contribution < 1.29 is 22.7 Å². The Kier molecular flexibility index (Phi) is 7.31. The highest BCUT2D eigenvalue weighted by Gasteiger charge is 2.27. The number of sulfonamides is 1. The van der Waals surface area contributed by atoms with Crippen LogP contribution in [0.25, 0.3) is 0 Å². The second-order valence-corrected chi connectivity index (χ2v) is 11.0. The zero-order valence-electron chi connectivity index (χ0n) is 15.2. The molecule has 28 heavy (non-hydrogen) atoms. The van der Waals surface area contributed by atoms with Gasteiger partial charge in [-0.25, -0.2) is 17.9 Å². The zero-order chi connectivity index (χ0) is 20.1. The normalized spacial score (nSPS) is 18.9. The molecular formula is C16H23BrN4O5S2. The fourth-order valence-electron chi connectivity index (χ4n) is 3.09. The van der Waals surface area contributed by atoms with Gasteiger partial charge in [-0.2, -0.15) is 0 Å². The number of nitrogens with zero attached hydrogens (tertiary/aromatic N) is 2. The van der Waals surface area contributed by atoms with Crippen LogP contribution in [-0.4, -0.2) is 82.1 Å². The molecule has 3 rings (SSSR count). The molecule has 0 aromatic carbocycles. The maximum Gasteiger partial charge on any atom is 0.317 e. The first-order valence-electron chi connectivity index (χ1n) is 9.01. The molecule has 3 heterocycles. The third-order valence-corrected chi connectivity index (χ3v) is 8.22. The van der Waals surface area contributed by atoms with Crippen molar-refractivity contribution in [2.45, 2.75) is 23.1 Å². The number of urea groups is 1. The van der Waals surface area contributed by atoms with E-state index in [1.54, 1.807) is 15.9 Å². The van der Waals surface area contributed by atoms with Crippen LogP contribution in [0.15, 0.2) is 20.1 Å². The summed E-state index contributed by atoms with van der Waals surface area (Å²) in [5.41, 5.74) is 0. The fourth-order valence-corrected chi connectivity index (χ4v) is 6.12. The van der Waals surface area contributed by atoms with Crippen LogP contribution in [0.5, 0.6) is 0 Å². The van der Waals surface area contributed by atoms with Gasteiger partial charge < -0.3 is 19.9 Å². The van der Waals surface area contributed by atoms with Crippen molar-refractivity contribution in [3.05, 3.63) is 15.9 Å². The van der Waals surface area contributed by atoms with Crippen LogP contribution in [0.4, 0.5) is 4.79 Å². The van der Waals surface area contributed by atoms with Crippen molar-refractivity contribution in [3.63, 3.8) is 0 Å². The Balaban J connectivity index is 1.41. The van der Waals surface area contributed by atoms with Crippen molar-refractivity contribution in [1.82, 2.24) is 19.8 Å². The SMILES string of the molecule is O=C(CNS(=O)(=O)c1ccc(Br)s1)N1CCC(NC(=O)N2CCOCC2)CC1. The van der Waals surface area contributed by atoms with Gasteiger partial charge in [-0.3, -0.25) is 4.79 Å². The van der Waals surface area contributed by atoms with E-state index in [1.807, 2.05) is 0 Å². The largest absolute Gasteiger partial charge is 0.378 e. The van der Waals surface area contributed by atoms with Gasteiger partial charge in [0.1, 0.15) is 4.21 Å². The highest BCUT2D eigenvalue weighted by Crippen LogP contribution is 2.25. The van der Waals surface area contributed by atoms with Crippen molar-refractivity contribution >= 4 is 49.2 Å². The third kappa shape index (κ3) is 5.66. The maximum atomic E-state index is 12.3. The summed E-state index contributed by atoms with van der Waals surface area (Å²) < 4.78 is 32.9. The molecule has 2 saturated heterocycles. The molecule has 2 fully saturated rings. The van der Waals surface area contributed by atoms with E-state index in [9.17, 15) is 18.0 Å². The Morgan fingerprint density at radius 3 is 2.43 bits per heavy atom. The molecule has 1 aromatic rings. The number of carbonyl (C=O) groups excluding carboxylic acids is 2. The molecule has 1 aromatic heterocycles. The number of amides is 3. The summed E-state index contributed by atoms with van der Waals surface area (Å²) in [6.07, 6.45) is 1.29. The first-order chi connectivity index (χ1) is 13.3. The van der Waals surface area contributed by atoms with Crippen LogP contribution >= 0.6 is 27.3 Å². The lowest BCUT2D eigenvalue weighted by Gasteiger charge is -2.34. The van der Waals surface area contributed by atoms with Gasteiger partial charge in [-0.15, -0.1) is 11.3 Å². The van der Waals surface area contributed by atoms with Crippen LogP contribution in [0, 0.1) is 0 Å². The zero-order valence-corrected chi connectivity index (χ0v) is 18.4. The topological polar surface area (TPSA) is 108 Å². The molecule has 2 aliphatic heterocycles. The van der Waals surface area contributed by atoms with Gasteiger partial charge in [-0.05, 0) is 40.9 Å². The molecule has 156 valence electrons. The number of rotatable bonds is 5. The number of ether oxygens (including phenoxy) is 1. The van der Waals surface area contributed by atoms with Gasteiger partial charge >= 0.3 is 6.03 Å². The molecule has 2 aliphatic rings. The number of hydrogen-bond donors (Lipinski definition) is 2. The van der Waals surface area contributed by atoms with E-state index in [1.165, 1.54) is 6.07 Å². The van der Waals surface area contributed by atoms with E-state index in [2.05, 4.69) is 26.0 Å². The number of piperidine rings is 1. The van der Waals surface area contributed by atoms with E-state index in [0.29, 0.717) is 56.0 Å².